The largest absolute Gasteiger partial charge is 0.244 e. The van der Waals surface area contributed by atoms with Crippen molar-refractivity contribution in [2.75, 3.05) is 0 Å². The van der Waals surface area contributed by atoms with Gasteiger partial charge in [-0.05, 0) is 42.5 Å². The number of benzene rings is 1. The van der Waals surface area contributed by atoms with Gasteiger partial charge in [0.1, 0.15) is 6.33 Å². The van der Waals surface area contributed by atoms with E-state index in [0.29, 0.717) is 0 Å². The highest BCUT2D eigenvalue weighted by Gasteiger charge is 2.15. The topological polar surface area (TPSA) is 25.8 Å². The quantitative estimate of drug-likeness (QED) is 0.740. The summed E-state index contributed by atoms with van der Waals surface area (Å²) in [6.07, 6.45) is 9.73. The third-order valence-corrected chi connectivity index (χ3v) is 3.19. The molecular formula is C15H14N2. The molecule has 2 aromatic rings. The van der Waals surface area contributed by atoms with E-state index >= 15 is 0 Å². The lowest BCUT2D eigenvalue weighted by Gasteiger charge is -2.02. The molecule has 0 aliphatic heterocycles. The molecule has 0 fully saturated rings. The molecule has 1 aromatic heterocycles. The van der Waals surface area contributed by atoms with Gasteiger partial charge in [0.15, 0.2) is 0 Å². The van der Waals surface area contributed by atoms with Gasteiger partial charge in [-0.2, -0.15) is 0 Å². The van der Waals surface area contributed by atoms with Gasteiger partial charge in [0, 0.05) is 18.0 Å². The lowest BCUT2D eigenvalue weighted by molar-refractivity contribution is 1.08. The Morgan fingerprint density at radius 1 is 1.12 bits per heavy atom. The van der Waals surface area contributed by atoms with E-state index in [1.54, 1.807) is 6.33 Å². The monoisotopic (exact) mass is 222 g/mol. The first kappa shape index (κ1) is 10.2. The Hall–Kier alpha value is -1.96. The van der Waals surface area contributed by atoms with Gasteiger partial charge in [-0.25, -0.2) is 9.97 Å². The van der Waals surface area contributed by atoms with E-state index in [9.17, 15) is 0 Å². The Kier molecular flexibility index (Phi) is 2.48. The van der Waals surface area contributed by atoms with Gasteiger partial charge in [-0.1, -0.05) is 23.8 Å². The molecule has 3 rings (SSSR count). The van der Waals surface area contributed by atoms with Gasteiger partial charge < -0.3 is 0 Å². The Morgan fingerprint density at radius 3 is 2.76 bits per heavy atom. The van der Waals surface area contributed by atoms with Crippen LogP contribution < -0.4 is 0 Å². The summed E-state index contributed by atoms with van der Waals surface area (Å²) in [4.78, 5) is 8.08. The zero-order valence-corrected chi connectivity index (χ0v) is 9.85. The van der Waals surface area contributed by atoms with Crippen LogP contribution in [-0.4, -0.2) is 9.97 Å². The molecule has 0 saturated heterocycles. The molecule has 1 aliphatic carbocycles. The molecule has 1 heterocycles. The van der Waals surface area contributed by atoms with E-state index in [1.165, 1.54) is 22.3 Å². The van der Waals surface area contributed by atoms with Crippen molar-refractivity contribution >= 4 is 11.6 Å². The van der Waals surface area contributed by atoms with E-state index in [0.717, 1.165) is 18.4 Å². The van der Waals surface area contributed by atoms with Crippen LogP contribution in [0.3, 0.4) is 0 Å². The van der Waals surface area contributed by atoms with Crippen LogP contribution in [0.25, 0.3) is 11.6 Å². The molecule has 1 aliphatic rings. The minimum absolute atomic E-state index is 1.08. The molecule has 0 saturated carbocycles. The summed E-state index contributed by atoms with van der Waals surface area (Å²) in [7, 11) is 0. The normalized spacial score (nSPS) is 16.2. The first-order valence-electron chi connectivity index (χ1n) is 5.88. The fourth-order valence-electron chi connectivity index (χ4n) is 2.38. The Labute approximate surface area is 101 Å². The average Bonchev–Trinajstić information content (AvgIpc) is 2.73. The number of aromatic nitrogens is 2. The number of nitrogens with zero attached hydrogens (tertiary/aromatic N) is 2. The van der Waals surface area contributed by atoms with Gasteiger partial charge >= 0.3 is 0 Å². The lowest BCUT2D eigenvalue weighted by Crippen LogP contribution is -1.83. The van der Waals surface area contributed by atoms with Crippen molar-refractivity contribution in [2.24, 2.45) is 0 Å². The SMILES string of the molecule is Cc1ccc2c(c1)CC/C2=C\c1cncnc1. The molecule has 0 radical (unpaired) electrons. The summed E-state index contributed by atoms with van der Waals surface area (Å²) in [5.41, 5.74) is 6.67. The fraction of sp³-hybridized carbons (Fsp3) is 0.200. The van der Waals surface area contributed by atoms with Crippen molar-refractivity contribution in [3.05, 3.63) is 59.2 Å². The van der Waals surface area contributed by atoms with Gasteiger partial charge in [0.2, 0.25) is 0 Å². The number of aryl methyl sites for hydroxylation is 2. The molecule has 2 nitrogen and oxygen atoms in total. The molecule has 0 unspecified atom stereocenters. The number of hydrogen-bond acceptors (Lipinski definition) is 2. The Morgan fingerprint density at radius 2 is 1.94 bits per heavy atom. The predicted octanol–water partition coefficient (Wildman–Crippen LogP) is 3.27. The number of rotatable bonds is 1. The summed E-state index contributed by atoms with van der Waals surface area (Å²) in [5.74, 6) is 0. The van der Waals surface area contributed by atoms with Crippen LogP contribution in [0.1, 0.15) is 28.7 Å². The smallest absolute Gasteiger partial charge is 0.115 e. The number of hydrogen-bond donors (Lipinski definition) is 0. The van der Waals surface area contributed by atoms with Gasteiger partial charge in [-0.3, -0.25) is 0 Å². The molecule has 0 spiro atoms. The minimum Gasteiger partial charge on any atom is -0.244 e. The highest BCUT2D eigenvalue weighted by molar-refractivity contribution is 5.85. The Bertz CT molecular complexity index is 571. The maximum absolute atomic E-state index is 4.04. The van der Waals surface area contributed by atoms with E-state index in [2.05, 4.69) is 41.2 Å². The maximum Gasteiger partial charge on any atom is 0.115 e. The second-order valence-corrected chi connectivity index (χ2v) is 4.50. The summed E-state index contributed by atoms with van der Waals surface area (Å²) in [6, 6.07) is 6.70. The summed E-state index contributed by atoms with van der Waals surface area (Å²) >= 11 is 0. The molecular weight excluding hydrogens is 208 g/mol. The van der Waals surface area contributed by atoms with Crippen molar-refractivity contribution in [3.8, 4) is 0 Å². The summed E-state index contributed by atoms with van der Waals surface area (Å²) in [5, 5.41) is 0. The molecule has 17 heavy (non-hydrogen) atoms. The maximum atomic E-state index is 4.04. The molecule has 0 bridgehead atoms. The van der Waals surface area contributed by atoms with Crippen molar-refractivity contribution in [2.45, 2.75) is 19.8 Å². The van der Waals surface area contributed by atoms with E-state index < -0.39 is 0 Å². The molecule has 2 heteroatoms. The van der Waals surface area contributed by atoms with E-state index in [1.807, 2.05) is 12.4 Å². The van der Waals surface area contributed by atoms with Gasteiger partial charge in [0.25, 0.3) is 0 Å². The Balaban J connectivity index is 2.02. The summed E-state index contributed by atoms with van der Waals surface area (Å²) in [6.45, 7) is 2.15. The predicted molar refractivity (Wildman–Crippen MR) is 69.4 cm³/mol. The fourth-order valence-corrected chi connectivity index (χ4v) is 2.38. The minimum atomic E-state index is 1.08. The average molecular weight is 222 g/mol. The summed E-state index contributed by atoms with van der Waals surface area (Å²) < 4.78 is 0. The molecule has 0 atom stereocenters. The van der Waals surface area contributed by atoms with Crippen LogP contribution in [0.5, 0.6) is 0 Å². The zero-order chi connectivity index (χ0) is 11.7. The van der Waals surface area contributed by atoms with Crippen molar-refractivity contribution in [1.29, 1.82) is 0 Å². The lowest BCUT2D eigenvalue weighted by atomic mass is 10.0. The van der Waals surface area contributed by atoms with Crippen molar-refractivity contribution in [1.82, 2.24) is 9.97 Å². The van der Waals surface area contributed by atoms with Crippen molar-refractivity contribution < 1.29 is 0 Å². The van der Waals surface area contributed by atoms with Crippen LogP contribution in [0, 0.1) is 6.92 Å². The molecule has 0 amide bonds. The third kappa shape index (κ3) is 1.98. The van der Waals surface area contributed by atoms with Crippen LogP contribution in [0.4, 0.5) is 0 Å². The standard InChI is InChI=1S/C15H14N2/c1-11-2-5-15-13(6-11)3-4-14(15)7-12-8-16-10-17-9-12/h2,5-10H,3-4H2,1H3/b14-7+. The van der Waals surface area contributed by atoms with E-state index in [-0.39, 0.29) is 0 Å². The number of allylic oxidation sites excluding steroid dienone is 1. The highest BCUT2D eigenvalue weighted by atomic mass is 14.8. The third-order valence-electron chi connectivity index (χ3n) is 3.19. The second-order valence-electron chi connectivity index (χ2n) is 4.50. The number of fused-ring (bicyclic) bond motifs is 1. The first-order chi connectivity index (χ1) is 8.33. The molecule has 84 valence electrons. The van der Waals surface area contributed by atoms with Gasteiger partial charge in [0.05, 0.1) is 0 Å². The van der Waals surface area contributed by atoms with Crippen LogP contribution in [-0.2, 0) is 6.42 Å². The van der Waals surface area contributed by atoms with Crippen LogP contribution in [0.15, 0.2) is 36.9 Å². The first-order valence-corrected chi connectivity index (χ1v) is 5.88. The van der Waals surface area contributed by atoms with E-state index in [4.69, 9.17) is 0 Å². The van der Waals surface area contributed by atoms with Crippen molar-refractivity contribution in [3.63, 3.8) is 0 Å². The molecule has 1 aromatic carbocycles. The van der Waals surface area contributed by atoms with Gasteiger partial charge in [-0.15, -0.1) is 0 Å². The highest BCUT2D eigenvalue weighted by Crippen LogP contribution is 2.33. The second kappa shape index (κ2) is 4.13. The van der Waals surface area contributed by atoms with Crippen LogP contribution >= 0.6 is 0 Å². The molecule has 0 N–H and O–H groups in total. The zero-order valence-electron chi connectivity index (χ0n) is 9.85. The van der Waals surface area contributed by atoms with Crippen LogP contribution in [0.2, 0.25) is 0 Å².